The maximum Gasteiger partial charge on any atom is 0.255 e. The van der Waals surface area contributed by atoms with Crippen molar-refractivity contribution in [1.82, 2.24) is 24.4 Å². The maximum absolute atomic E-state index is 13.0. The summed E-state index contributed by atoms with van der Waals surface area (Å²) in [4.78, 5) is 21.7. The van der Waals surface area contributed by atoms with Crippen LogP contribution < -0.4 is 0 Å². The van der Waals surface area contributed by atoms with Gasteiger partial charge in [0.1, 0.15) is 6.33 Å². The van der Waals surface area contributed by atoms with E-state index >= 15 is 0 Å². The number of carbonyl (C=O) groups excluding carboxylic acids is 1. The third-order valence-corrected chi connectivity index (χ3v) is 6.01. The number of rotatable bonds is 3. The maximum atomic E-state index is 13.0. The molecular formula is C21H23N5O. The molecule has 2 aliphatic rings. The zero-order chi connectivity index (χ0) is 18.3. The largest absolute Gasteiger partial charge is 0.338 e. The molecule has 1 aromatic carbocycles. The highest BCUT2D eigenvalue weighted by Gasteiger charge is 2.44. The third-order valence-electron chi connectivity index (χ3n) is 6.01. The zero-order valence-corrected chi connectivity index (χ0v) is 15.3. The Labute approximate surface area is 158 Å². The number of hydrogen-bond acceptors (Lipinski definition) is 4. The molecule has 27 heavy (non-hydrogen) atoms. The molecule has 0 N–H and O–H groups in total. The Morgan fingerprint density at radius 3 is 2.78 bits per heavy atom. The van der Waals surface area contributed by atoms with E-state index in [1.165, 1.54) is 18.3 Å². The summed E-state index contributed by atoms with van der Waals surface area (Å²) >= 11 is 0. The van der Waals surface area contributed by atoms with Crippen LogP contribution in [0, 0.1) is 5.41 Å². The smallest absolute Gasteiger partial charge is 0.255 e. The van der Waals surface area contributed by atoms with Crippen LogP contribution in [0.15, 0.2) is 55.0 Å². The van der Waals surface area contributed by atoms with E-state index in [0.29, 0.717) is 5.56 Å². The van der Waals surface area contributed by atoms with Crippen LogP contribution in [0.25, 0.3) is 5.65 Å². The lowest BCUT2D eigenvalue weighted by Gasteiger charge is -2.25. The lowest BCUT2D eigenvalue weighted by molar-refractivity contribution is 0.0772. The first-order chi connectivity index (χ1) is 13.2. The van der Waals surface area contributed by atoms with Crippen molar-refractivity contribution in [3.05, 3.63) is 66.1 Å². The third kappa shape index (κ3) is 3.10. The summed E-state index contributed by atoms with van der Waals surface area (Å²) in [7, 11) is 0. The number of carbonyl (C=O) groups is 1. The van der Waals surface area contributed by atoms with Gasteiger partial charge in [0.15, 0.2) is 5.65 Å². The molecule has 5 rings (SSSR count). The second kappa shape index (κ2) is 6.46. The van der Waals surface area contributed by atoms with Crippen LogP contribution in [-0.4, -0.2) is 56.5 Å². The Balaban J connectivity index is 1.26. The molecular weight excluding hydrogens is 338 g/mol. The molecule has 0 radical (unpaired) electrons. The fourth-order valence-corrected chi connectivity index (χ4v) is 4.57. The van der Waals surface area contributed by atoms with Crippen molar-refractivity contribution in [1.29, 1.82) is 0 Å². The number of nitrogens with zero attached hydrogens (tertiary/aromatic N) is 5. The van der Waals surface area contributed by atoms with Gasteiger partial charge in [0.05, 0.1) is 5.56 Å². The molecule has 0 aliphatic carbocycles. The molecule has 2 aliphatic heterocycles. The number of likely N-dealkylation sites (tertiary alicyclic amines) is 2. The minimum Gasteiger partial charge on any atom is -0.338 e. The minimum atomic E-state index is 0.103. The summed E-state index contributed by atoms with van der Waals surface area (Å²) in [6.07, 6.45) is 5.56. The summed E-state index contributed by atoms with van der Waals surface area (Å²) in [5.41, 5.74) is 3.06. The quantitative estimate of drug-likeness (QED) is 0.719. The summed E-state index contributed by atoms with van der Waals surface area (Å²) in [5, 5.41) is 4.14. The van der Waals surface area contributed by atoms with Gasteiger partial charge in [0.25, 0.3) is 5.91 Å². The average Bonchev–Trinajstić information content (AvgIpc) is 3.42. The summed E-state index contributed by atoms with van der Waals surface area (Å²) in [6.45, 7) is 4.88. The van der Waals surface area contributed by atoms with E-state index in [-0.39, 0.29) is 11.3 Å². The minimum absolute atomic E-state index is 0.103. The fraction of sp³-hybridized carbons (Fsp3) is 0.381. The van der Waals surface area contributed by atoms with Crippen LogP contribution in [0.5, 0.6) is 0 Å². The van der Waals surface area contributed by atoms with Crippen molar-refractivity contribution >= 4 is 11.6 Å². The first kappa shape index (κ1) is 16.4. The molecule has 1 spiro atoms. The molecule has 1 unspecified atom stereocenters. The van der Waals surface area contributed by atoms with Gasteiger partial charge in [-0.2, -0.15) is 5.10 Å². The van der Waals surface area contributed by atoms with Crippen molar-refractivity contribution in [3.63, 3.8) is 0 Å². The van der Waals surface area contributed by atoms with E-state index in [9.17, 15) is 4.79 Å². The number of fused-ring (bicyclic) bond motifs is 1. The van der Waals surface area contributed by atoms with E-state index < -0.39 is 0 Å². The predicted molar refractivity (Wildman–Crippen MR) is 102 cm³/mol. The van der Waals surface area contributed by atoms with Crippen molar-refractivity contribution < 1.29 is 4.79 Å². The summed E-state index contributed by atoms with van der Waals surface area (Å²) < 4.78 is 1.66. The molecule has 0 bridgehead atoms. The van der Waals surface area contributed by atoms with Gasteiger partial charge in [-0.15, -0.1) is 0 Å². The van der Waals surface area contributed by atoms with Gasteiger partial charge in [-0.3, -0.25) is 9.69 Å². The second-order valence-corrected chi connectivity index (χ2v) is 7.90. The number of pyridine rings is 1. The molecule has 138 valence electrons. The highest BCUT2D eigenvalue weighted by molar-refractivity contribution is 5.94. The Kier molecular flexibility index (Phi) is 3.93. The van der Waals surface area contributed by atoms with Crippen LogP contribution in [-0.2, 0) is 6.54 Å². The van der Waals surface area contributed by atoms with Crippen molar-refractivity contribution in [2.75, 3.05) is 26.2 Å². The van der Waals surface area contributed by atoms with Gasteiger partial charge in [-0.25, -0.2) is 9.50 Å². The first-order valence-corrected chi connectivity index (χ1v) is 9.56. The molecule has 6 heteroatoms. The molecule has 1 atom stereocenters. The lowest BCUT2D eigenvalue weighted by atomic mass is 9.86. The Morgan fingerprint density at radius 2 is 1.89 bits per heavy atom. The molecule has 1 amide bonds. The normalized spacial score (nSPS) is 22.9. The molecule has 2 aromatic heterocycles. The fourth-order valence-electron chi connectivity index (χ4n) is 4.57. The zero-order valence-electron chi connectivity index (χ0n) is 15.3. The van der Waals surface area contributed by atoms with Crippen LogP contribution in [0.4, 0.5) is 0 Å². The Bertz CT molecular complexity index is 969. The van der Waals surface area contributed by atoms with Crippen molar-refractivity contribution in [3.8, 4) is 0 Å². The van der Waals surface area contributed by atoms with E-state index in [1.54, 1.807) is 10.7 Å². The van der Waals surface area contributed by atoms with Gasteiger partial charge in [-0.05, 0) is 37.1 Å². The highest BCUT2D eigenvalue weighted by atomic mass is 16.2. The van der Waals surface area contributed by atoms with Gasteiger partial charge < -0.3 is 4.90 Å². The SMILES string of the molecule is O=C(c1ccc2ncnn2c1)N1CCC2(CCN(Cc3ccccc3)C2)C1. The molecule has 0 saturated carbocycles. The summed E-state index contributed by atoms with van der Waals surface area (Å²) in [6, 6.07) is 14.3. The predicted octanol–water partition coefficient (Wildman–Crippen LogP) is 2.47. The molecule has 3 aromatic rings. The van der Waals surface area contributed by atoms with Crippen LogP contribution in [0.2, 0.25) is 0 Å². The first-order valence-electron chi connectivity index (χ1n) is 9.56. The number of amides is 1. The standard InChI is InChI=1S/C21H23N5O/c27-20(18-6-7-19-22-16-23-26(19)13-18)25-11-9-21(15-25)8-10-24(14-21)12-17-4-2-1-3-5-17/h1-7,13,16H,8-12,14-15H2. The summed E-state index contributed by atoms with van der Waals surface area (Å²) in [5.74, 6) is 0.103. The van der Waals surface area contributed by atoms with Crippen molar-refractivity contribution in [2.45, 2.75) is 19.4 Å². The topological polar surface area (TPSA) is 53.7 Å². The van der Waals surface area contributed by atoms with Crippen molar-refractivity contribution in [2.24, 2.45) is 5.41 Å². The van der Waals surface area contributed by atoms with Gasteiger partial charge in [0.2, 0.25) is 0 Å². The highest BCUT2D eigenvalue weighted by Crippen LogP contribution is 2.40. The Hall–Kier alpha value is -2.73. The van der Waals surface area contributed by atoms with E-state index in [0.717, 1.165) is 44.8 Å². The molecule has 2 saturated heterocycles. The van der Waals surface area contributed by atoms with Gasteiger partial charge in [0, 0.05) is 37.8 Å². The van der Waals surface area contributed by atoms with E-state index in [4.69, 9.17) is 0 Å². The van der Waals surface area contributed by atoms with E-state index in [2.05, 4.69) is 45.3 Å². The van der Waals surface area contributed by atoms with Crippen LogP contribution >= 0.6 is 0 Å². The molecule has 4 heterocycles. The van der Waals surface area contributed by atoms with Gasteiger partial charge >= 0.3 is 0 Å². The van der Waals surface area contributed by atoms with Gasteiger partial charge in [-0.1, -0.05) is 30.3 Å². The lowest BCUT2D eigenvalue weighted by Crippen LogP contribution is -2.34. The van der Waals surface area contributed by atoms with E-state index in [1.807, 2.05) is 17.0 Å². The molecule has 2 fully saturated rings. The molecule has 6 nitrogen and oxygen atoms in total. The average molecular weight is 361 g/mol. The monoisotopic (exact) mass is 361 g/mol. The van der Waals surface area contributed by atoms with Crippen LogP contribution in [0.1, 0.15) is 28.8 Å². The number of benzene rings is 1. The number of aromatic nitrogens is 3. The Morgan fingerprint density at radius 1 is 1.04 bits per heavy atom. The van der Waals surface area contributed by atoms with Crippen LogP contribution in [0.3, 0.4) is 0 Å². The number of hydrogen-bond donors (Lipinski definition) is 0. The second-order valence-electron chi connectivity index (χ2n) is 7.90.